The van der Waals surface area contributed by atoms with Crippen LogP contribution < -0.4 is 0 Å². The van der Waals surface area contributed by atoms with Crippen LogP contribution in [-0.2, 0) is 16.1 Å². The molecule has 1 aromatic rings. The number of hydrogen-bond acceptors (Lipinski definition) is 4. The van der Waals surface area contributed by atoms with Gasteiger partial charge in [0.2, 0.25) is 5.91 Å². The molecule has 1 aliphatic rings. The van der Waals surface area contributed by atoms with E-state index in [0.717, 1.165) is 0 Å². The molecule has 1 heterocycles. The van der Waals surface area contributed by atoms with Gasteiger partial charge >= 0.3 is 0 Å². The third-order valence-corrected chi connectivity index (χ3v) is 3.69. The van der Waals surface area contributed by atoms with Crippen LogP contribution in [0.2, 0.25) is 0 Å². The van der Waals surface area contributed by atoms with Gasteiger partial charge in [-0.25, -0.2) is 4.39 Å². The molecular weight excluding hydrogens is 275 g/mol. The van der Waals surface area contributed by atoms with Gasteiger partial charge in [0.25, 0.3) is 0 Å². The Labute approximate surface area is 123 Å². The van der Waals surface area contributed by atoms with E-state index in [1.54, 1.807) is 25.2 Å². The molecule has 2 rings (SSSR count). The lowest BCUT2D eigenvalue weighted by Crippen LogP contribution is -2.51. The van der Waals surface area contributed by atoms with E-state index in [2.05, 4.69) is 0 Å². The highest BCUT2D eigenvalue weighted by atomic mass is 19.1. The van der Waals surface area contributed by atoms with Gasteiger partial charge in [0.1, 0.15) is 5.82 Å². The van der Waals surface area contributed by atoms with Crippen molar-refractivity contribution in [1.82, 2.24) is 9.80 Å². The van der Waals surface area contributed by atoms with Crippen LogP contribution in [0.15, 0.2) is 24.3 Å². The molecule has 1 unspecified atom stereocenters. The predicted octanol–water partition coefficient (Wildman–Crippen LogP) is 0.477. The topological polar surface area (TPSA) is 53.0 Å². The molecule has 1 saturated heterocycles. The summed E-state index contributed by atoms with van der Waals surface area (Å²) in [5.41, 5.74) is 0.494. The van der Waals surface area contributed by atoms with Gasteiger partial charge in [-0.15, -0.1) is 0 Å². The minimum atomic E-state index is -0.309. The highest BCUT2D eigenvalue weighted by Gasteiger charge is 2.25. The van der Waals surface area contributed by atoms with Crippen molar-refractivity contribution in [3.63, 3.8) is 0 Å². The maximum Gasteiger partial charge on any atom is 0.236 e. The summed E-state index contributed by atoms with van der Waals surface area (Å²) in [5, 5.41) is 9.29. The summed E-state index contributed by atoms with van der Waals surface area (Å²) in [4.78, 5) is 15.6. The van der Waals surface area contributed by atoms with E-state index in [9.17, 15) is 14.3 Å². The molecule has 0 bridgehead atoms. The summed E-state index contributed by atoms with van der Waals surface area (Å²) in [6.07, 6.45) is 0. The van der Waals surface area contributed by atoms with Crippen molar-refractivity contribution in [3.05, 3.63) is 35.6 Å². The number of aliphatic hydroxyl groups excluding tert-OH is 1. The Balaban J connectivity index is 1.91. The van der Waals surface area contributed by atoms with E-state index in [0.29, 0.717) is 25.3 Å². The fourth-order valence-corrected chi connectivity index (χ4v) is 2.33. The van der Waals surface area contributed by atoms with Crippen molar-refractivity contribution in [2.45, 2.75) is 12.6 Å². The molecule has 0 radical (unpaired) electrons. The number of morpholine rings is 1. The van der Waals surface area contributed by atoms with Gasteiger partial charge in [-0.05, 0) is 6.07 Å². The average Bonchev–Trinajstić information content (AvgIpc) is 2.50. The summed E-state index contributed by atoms with van der Waals surface area (Å²) in [6, 6.07) is 6.28. The minimum absolute atomic E-state index is 0.0374. The van der Waals surface area contributed by atoms with Gasteiger partial charge in [-0.1, -0.05) is 18.2 Å². The molecule has 1 fully saturated rings. The average molecular weight is 296 g/mol. The quantitative estimate of drug-likeness (QED) is 0.858. The first-order valence-corrected chi connectivity index (χ1v) is 7.02. The number of ether oxygens (including phenoxy) is 1. The molecule has 6 heteroatoms. The number of aliphatic hydroxyl groups is 1. The number of halogens is 1. The van der Waals surface area contributed by atoms with Crippen molar-refractivity contribution >= 4 is 5.91 Å². The Morgan fingerprint density at radius 1 is 1.52 bits per heavy atom. The number of amides is 1. The van der Waals surface area contributed by atoms with Crippen LogP contribution in [0.25, 0.3) is 0 Å². The zero-order chi connectivity index (χ0) is 15.2. The van der Waals surface area contributed by atoms with Gasteiger partial charge in [-0.3, -0.25) is 9.69 Å². The molecule has 1 amide bonds. The largest absolute Gasteiger partial charge is 0.395 e. The maximum absolute atomic E-state index is 13.6. The number of rotatable bonds is 5. The van der Waals surface area contributed by atoms with E-state index in [1.807, 2.05) is 4.90 Å². The Bertz CT molecular complexity index is 484. The summed E-state index contributed by atoms with van der Waals surface area (Å²) in [6.45, 7) is 2.01. The monoisotopic (exact) mass is 296 g/mol. The smallest absolute Gasteiger partial charge is 0.236 e. The number of hydrogen-bond donors (Lipinski definition) is 1. The van der Waals surface area contributed by atoms with E-state index in [4.69, 9.17) is 4.74 Å². The molecule has 1 aromatic carbocycles. The number of carbonyl (C=O) groups excluding carboxylic acids is 1. The third-order valence-electron chi connectivity index (χ3n) is 3.69. The van der Waals surface area contributed by atoms with E-state index >= 15 is 0 Å². The lowest BCUT2D eigenvalue weighted by molar-refractivity contribution is -0.134. The fraction of sp³-hybridized carbons (Fsp3) is 0.533. The van der Waals surface area contributed by atoms with Gasteiger partial charge in [0.15, 0.2) is 0 Å². The number of benzene rings is 1. The Hall–Kier alpha value is -1.50. The van der Waals surface area contributed by atoms with Crippen molar-refractivity contribution in [3.8, 4) is 0 Å². The number of likely N-dealkylation sites (N-methyl/N-ethyl adjacent to an activating group) is 1. The second kappa shape index (κ2) is 7.49. The van der Waals surface area contributed by atoms with Gasteiger partial charge in [0, 0.05) is 25.7 Å². The first kappa shape index (κ1) is 15.9. The zero-order valence-corrected chi connectivity index (χ0v) is 12.2. The van der Waals surface area contributed by atoms with E-state index < -0.39 is 0 Å². The van der Waals surface area contributed by atoms with Gasteiger partial charge in [-0.2, -0.15) is 0 Å². The molecular formula is C15H21FN2O3. The first-order chi connectivity index (χ1) is 10.1. The number of carbonyl (C=O) groups is 1. The standard InChI is InChI=1S/C15H21FN2O3/c1-17(8-12-4-2-3-5-14(12)16)15(20)9-18-6-7-21-11-13(18)10-19/h2-5,13,19H,6-11H2,1H3. The van der Waals surface area contributed by atoms with Crippen LogP contribution in [0.1, 0.15) is 5.56 Å². The third kappa shape index (κ3) is 4.23. The molecule has 0 aliphatic carbocycles. The lowest BCUT2D eigenvalue weighted by Gasteiger charge is -2.34. The van der Waals surface area contributed by atoms with Gasteiger partial charge in [0.05, 0.1) is 32.4 Å². The predicted molar refractivity (Wildman–Crippen MR) is 76.1 cm³/mol. The van der Waals surface area contributed by atoms with Crippen molar-refractivity contribution in [1.29, 1.82) is 0 Å². The molecule has 1 atom stereocenters. The normalized spacial score (nSPS) is 19.5. The zero-order valence-electron chi connectivity index (χ0n) is 12.2. The van der Waals surface area contributed by atoms with Crippen LogP contribution in [0.3, 0.4) is 0 Å². The number of nitrogens with zero attached hydrogens (tertiary/aromatic N) is 2. The summed E-state index contributed by atoms with van der Waals surface area (Å²) >= 11 is 0. The highest BCUT2D eigenvalue weighted by Crippen LogP contribution is 2.11. The molecule has 0 spiro atoms. The summed E-state index contributed by atoms with van der Waals surface area (Å²) in [5.74, 6) is -0.407. The Kier molecular flexibility index (Phi) is 5.67. The summed E-state index contributed by atoms with van der Waals surface area (Å²) < 4.78 is 18.9. The summed E-state index contributed by atoms with van der Waals surface area (Å²) in [7, 11) is 1.66. The van der Waals surface area contributed by atoms with Crippen LogP contribution in [0, 0.1) is 5.82 Å². The van der Waals surface area contributed by atoms with Crippen molar-refractivity contribution in [2.24, 2.45) is 0 Å². The SMILES string of the molecule is CN(Cc1ccccc1F)C(=O)CN1CCOCC1CO. The highest BCUT2D eigenvalue weighted by molar-refractivity contribution is 5.78. The van der Waals surface area contributed by atoms with Gasteiger partial charge < -0.3 is 14.7 Å². The van der Waals surface area contributed by atoms with Crippen molar-refractivity contribution in [2.75, 3.05) is 40.0 Å². The minimum Gasteiger partial charge on any atom is -0.395 e. The molecule has 116 valence electrons. The molecule has 0 aromatic heterocycles. The van der Waals surface area contributed by atoms with Crippen molar-refractivity contribution < 1.29 is 19.0 Å². The fourth-order valence-electron chi connectivity index (χ4n) is 2.33. The van der Waals surface area contributed by atoms with Crippen LogP contribution >= 0.6 is 0 Å². The van der Waals surface area contributed by atoms with Crippen LogP contribution in [-0.4, -0.2) is 66.8 Å². The second-order valence-corrected chi connectivity index (χ2v) is 5.22. The molecule has 1 aliphatic heterocycles. The van der Waals surface area contributed by atoms with Crippen LogP contribution in [0.5, 0.6) is 0 Å². The molecule has 0 saturated carbocycles. The van der Waals surface area contributed by atoms with E-state index in [1.165, 1.54) is 11.0 Å². The lowest BCUT2D eigenvalue weighted by atomic mass is 10.2. The Morgan fingerprint density at radius 2 is 2.29 bits per heavy atom. The second-order valence-electron chi connectivity index (χ2n) is 5.22. The maximum atomic E-state index is 13.6. The molecule has 1 N–H and O–H groups in total. The van der Waals surface area contributed by atoms with E-state index in [-0.39, 0.29) is 37.5 Å². The molecule has 21 heavy (non-hydrogen) atoms. The molecule has 5 nitrogen and oxygen atoms in total. The Morgan fingerprint density at radius 3 is 3.00 bits per heavy atom. The van der Waals surface area contributed by atoms with Crippen LogP contribution in [0.4, 0.5) is 4.39 Å². The first-order valence-electron chi connectivity index (χ1n) is 7.02.